The maximum atomic E-state index is 13.0. The van der Waals surface area contributed by atoms with Gasteiger partial charge in [-0.1, -0.05) is 5.92 Å². The zero-order valence-electron chi connectivity index (χ0n) is 10.0. The lowest BCUT2D eigenvalue weighted by Gasteiger charge is -2.07. The Labute approximate surface area is 109 Å². The molecule has 19 heavy (non-hydrogen) atoms. The maximum Gasteiger partial charge on any atom is 0.137 e. The van der Waals surface area contributed by atoms with Crippen LogP contribution in [-0.4, -0.2) is 14.5 Å². The fourth-order valence-corrected chi connectivity index (χ4v) is 2.03. The Morgan fingerprint density at radius 2 is 2.21 bits per heavy atom. The molecule has 0 fully saturated rings. The molecule has 0 aliphatic carbocycles. The molecule has 4 heteroatoms. The summed E-state index contributed by atoms with van der Waals surface area (Å²) >= 11 is 0. The summed E-state index contributed by atoms with van der Waals surface area (Å²) in [5, 5.41) is 1.06. The van der Waals surface area contributed by atoms with E-state index in [0.717, 1.165) is 10.9 Å². The lowest BCUT2D eigenvalue weighted by molar-refractivity contribution is 0.484. The van der Waals surface area contributed by atoms with Crippen molar-refractivity contribution in [3.05, 3.63) is 54.1 Å². The van der Waals surface area contributed by atoms with Crippen LogP contribution in [0, 0.1) is 12.3 Å². The topological polar surface area (TPSA) is 30.7 Å². The van der Waals surface area contributed by atoms with Gasteiger partial charge in [0.15, 0.2) is 0 Å². The van der Waals surface area contributed by atoms with E-state index in [1.807, 2.05) is 22.9 Å². The minimum absolute atomic E-state index is 0.471. The van der Waals surface area contributed by atoms with Crippen molar-refractivity contribution < 1.29 is 4.39 Å². The third-order valence-electron chi connectivity index (χ3n) is 3.02. The molecule has 0 saturated heterocycles. The van der Waals surface area contributed by atoms with E-state index in [2.05, 4.69) is 15.9 Å². The van der Waals surface area contributed by atoms with Gasteiger partial charge >= 0.3 is 0 Å². The third-order valence-corrected chi connectivity index (χ3v) is 3.02. The van der Waals surface area contributed by atoms with Gasteiger partial charge in [-0.2, -0.15) is 0 Å². The highest BCUT2D eigenvalue weighted by molar-refractivity contribution is 5.80. The Morgan fingerprint density at radius 3 is 3.00 bits per heavy atom. The first-order chi connectivity index (χ1) is 9.33. The molecule has 0 bridgehead atoms. The molecule has 0 unspecified atom stereocenters. The highest BCUT2D eigenvalue weighted by Gasteiger charge is 2.07. The Morgan fingerprint density at radius 1 is 1.32 bits per heavy atom. The van der Waals surface area contributed by atoms with Gasteiger partial charge in [-0.15, -0.1) is 6.42 Å². The molecular weight excluding hydrogens is 241 g/mol. The van der Waals surface area contributed by atoms with Gasteiger partial charge in [-0.05, 0) is 18.2 Å². The van der Waals surface area contributed by atoms with Gasteiger partial charge in [0.2, 0.25) is 0 Å². The molecule has 0 aromatic carbocycles. The molecule has 92 valence electrons. The van der Waals surface area contributed by atoms with Gasteiger partial charge in [0.1, 0.15) is 12.5 Å². The van der Waals surface area contributed by atoms with Gasteiger partial charge in [-0.25, -0.2) is 9.37 Å². The van der Waals surface area contributed by atoms with Crippen molar-refractivity contribution in [2.75, 3.05) is 0 Å². The maximum absolute atomic E-state index is 13.0. The van der Waals surface area contributed by atoms with E-state index >= 15 is 0 Å². The number of pyridine rings is 2. The molecule has 0 N–H and O–H groups in total. The molecule has 0 aliphatic heterocycles. The quantitative estimate of drug-likeness (QED) is 0.656. The van der Waals surface area contributed by atoms with Crippen molar-refractivity contribution in [1.82, 2.24) is 14.5 Å². The molecule has 3 aromatic heterocycles. The summed E-state index contributed by atoms with van der Waals surface area (Å²) in [7, 11) is 0. The Hall–Kier alpha value is -2.67. The normalized spacial score (nSPS) is 10.5. The zero-order valence-corrected chi connectivity index (χ0v) is 10.0. The third kappa shape index (κ3) is 1.85. The van der Waals surface area contributed by atoms with Crippen LogP contribution in [0.2, 0.25) is 0 Å². The van der Waals surface area contributed by atoms with Crippen molar-refractivity contribution in [1.29, 1.82) is 0 Å². The number of fused-ring (bicyclic) bond motifs is 1. The Bertz CT molecular complexity index is 783. The number of rotatable bonds is 2. The second-order valence-corrected chi connectivity index (χ2v) is 4.10. The number of hydrogen-bond donors (Lipinski definition) is 0. The largest absolute Gasteiger partial charge is 0.300 e. The Kier molecular flexibility index (Phi) is 2.73. The molecule has 0 saturated carbocycles. The molecule has 3 heterocycles. The summed E-state index contributed by atoms with van der Waals surface area (Å²) in [5.41, 5.74) is 1.88. The van der Waals surface area contributed by atoms with E-state index in [0.29, 0.717) is 16.9 Å². The number of terminal acetylenes is 1. The number of nitrogens with zero attached hydrogens (tertiary/aromatic N) is 3. The van der Waals surface area contributed by atoms with Gasteiger partial charge in [0, 0.05) is 35.1 Å². The van der Waals surface area contributed by atoms with Crippen LogP contribution in [0.15, 0.2) is 43.0 Å². The highest BCUT2D eigenvalue weighted by Crippen LogP contribution is 2.20. The van der Waals surface area contributed by atoms with Crippen LogP contribution in [0.4, 0.5) is 4.39 Å². The first-order valence-corrected chi connectivity index (χ1v) is 5.76. The van der Waals surface area contributed by atoms with Crippen LogP contribution < -0.4 is 0 Å². The van der Waals surface area contributed by atoms with Gasteiger partial charge < -0.3 is 0 Å². The number of halogens is 1. The Balaban J connectivity index is 2.20. The van der Waals surface area contributed by atoms with E-state index in [1.165, 1.54) is 6.20 Å². The SMILES string of the molecule is C#Cc1cnc(-n2ccc3ccncc32)cc1CF. The van der Waals surface area contributed by atoms with Gasteiger partial charge in [0.25, 0.3) is 0 Å². The molecule has 0 amide bonds. The van der Waals surface area contributed by atoms with Gasteiger partial charge in [-0.3, -0.25) is 9.55 Å². The number of hydrogen-bond acceptors (Lipinski definition) is 2. The van der Waals surface area contributed by atoms with E-state index in [9.17, 15) is 4.39 Å². The lowest BCUT2D eigenvalue weighted by atomic mass is 10.1. The van der Waals surface area contributed by atoms with Crippen LogP contribution in [0.25, 0.3) is 16.7 Å². The van der Waals surface area contributed by atoms with Crippen molar-refractivity contribution >= 4 is 10.9 Å². The minimum atomic E-state index is -0.605. The molecular formula is C15H10FN3. The van der Waals surface area contributed by atoms with E-state index < -0.39 is 6.67 Å². The molecule has 3 aromatic rings. The summed E-state index contributed by atoms with van der Waals surface area (Å²) in [6, 6.07) is 5.54. The average Bonchev–Trinajstić information content (AvgIpc) is 2.90. The van der Waals surface area contributed by atoms with E-state index in [4.69, 9.17) is 6.42 Å². The predicted molar refractivity (Wildman–Crippen MR) is 71.6 cm³/mol. The van der Waals surface area contributed by atoms with E-state index in [-0.39, 0.29) is 0 Å². The second kappa shape index (κ2) is 4.54. The van der Waals surface area contributed by atoms with Crippen LogP contribution in [0.5, 0.6) is 0 Å². The lowest BCUT2D eigenvalue weighted by Crippen LogP contribution is -1.99. The van der Waals surface area contributed by atoms with Crippen molar-refractivity contribution in [2.45, 2.75) is 6.67 Å². The van der Waals surface area contributed by atoms with Crippen LogP contribution >= 0.6 is 0 Å². The molecule has 3 rings (SSSR count). The molecule has 3 nitrogen and oxygen atoms in total. The van der Waals surface area contributed by atoms with Crippen molar-refractivity contribution in [3.8, 4) is 18.2 Å². The molecule has 0 radical (unpaired) electrons. The zero-order chi connectivity index (χ0) is 13.2. The van der Waals surface area contributed by atoms with Crippen LogP contribution in [0.3, 0.4) is 0 Å². The first kappa shape index (κ1) is 11.4. The van der Waals surface area contributed by atoms with Crippen molar-refractivity contribution in [3.63, 3.8) is 0 Å². The second-order valence-electron chi connectivity index (χ2n) is 4.10. The summed E-state index contributed by atoms with van der Waals surface area (Å²) in [6.45, 7) is -0.605. The average molecular weight is 251 g/mol. The minimum Gasteiger partial charge on any atom is -0.300 e. The summed E-state index contributed by atoms with van der Waals surface area (Å²) in [6.07, 6.45) is 12.2. The van der Waals surface area contributed by atoms with Crippen molar-refractivity contribution in [2.24, 2.45) is 0 Å². The number of aromatic nitrogens is 3. The fraction of sp³-hybridized carbons (Fsp3) is 0.0667. The number of alkyl halides is 1. The van der Waals surface area contributed by atoms with E-state index in [1.54, 1.807) is 18.5 Å². The predicted octanol–water partition coefficient (Wildman–Crippen LogP) is 2.87. The summed E-state index contributed by atoms with van der Waals surface area (Å²) < 4.78 is 14.8. The molecule has 0 aliphatic rings. The molecule has 0 atom stereocenters. The fourth-order valence-electron chi connectivity index (χ4n) is 2.03. The molecule has 0 spiro atoms. The monoisotopic (exact) mass is 251 g/mol. The van der Waals surface area contributed by atoms with Crippen LogP contribution in [0.1, 0.15) is 11.1 Å². The van der Waals surface area contributed by atoms with Crippen LogP contribution in [-0.2, 0) is 6.67 Å². The first-order valence-electron chi connectivity index (χ1n) is 5.76. The standard InChI is InChI=1S/C15H10FN3/c1-2-11-9-18-15(7-13(11)8-16)19-6-4-12-3-5-17-10-14(12)19/h1,3-7,9-10H,8H2. The highest BCUT2D eigenvalue weighted by atomic mass is 19.1. The summed E-state index contributed by atoms with van der Waals surface area (Å²) in [4.78, 5) is 8.37. The smallest absolute Gasteiger partial charge is 0.137 e. The summed E-state index contributed by atoms with van der Waals surface area (Å²) in [5.74, 6) is 3.07. The van der Waals surface area contributed by atoms with Gasteiger partial charge in [0.05, 0.1) is 11.7 Å².